The van der Waals surface area contributed by atoms with Gasteiger partial charge in [-0.15, -0.1) is 0 Å². The van der Waals surface area contributed by atoms with Crippen LogP contribution < -0.4 is 0 Å². The number of non-ortho nitro benzene ring substituents is 1. The van der Waals surface area contributed by atoms with Gasteiger partial charge in [-0.05, 0) is 5.56 Å². The third kappa shape index (κ3) is 5.38. The van der Waals surface area contributed by atoms with Crippen LogP contribution in [0.3, 0.4) is 0 Å². The van der Waals surface area contributed by atoms with Crippen LogP contribution in [-0.2, 0) is 19.4 Å². The Kier molecular flexibility index (Phi) is 6.52. The summed E-state index contributed by atoms with van der Waals surface area (Å²) in [6.45, 7) is 1.59. The van der Waals surface area contributed by atoms with Crippen molar-refractivity contribution >= 4 is 44.1 Å². The van der Waals surface area contributed by atoms with Gasteiger partial charge >= 0.3 is 5.97 Å². The van der Waals surface area contributed by atoms with Gasteiger partial charge in [0.2, 0.25) is 0 Å². The predicted octanol–water partition coefficient (Wildman–Crippen LogP) is 1.34. The first-order valence-corrected chi connectivity index (χ1v) is 10.3. The van der Waals surface area contributed by atoms with Crippen LogP contribution in [0.15, 0.2) is 24.3 Å². The number of hydrogen-bond donors (Lipinski definition) is 0. The van der Waals surface area contributed by atoms with Crippen molar-refractivity contribution in [1.82, 2.24) is 4.90 Å². The second-order valence-electron chi connectivity index (χ2n) is 5.37. The molecule has 0 aromatic heterocycles. The Bertz CT molecular complexity index is 692. The van der Waals surface area contributed by atoms with Crippen molar-refractivity contribution in [3.8, 4) is 0 Å². The molecule has 10 heteroatoms. The Morgan fingerprint density at radius 3 is 2.42 bits per heavy atom. The lowest BCUT2D eigenvalue weighted by atomic mass is 10.1. The van der Waals surface area contributed by atoms with Gasteiger partial charge in [0.1, 0.15) is 10.5 Å². The molecule has 1 saturated heterocycles. The molecule has 0 spiro atoms. The van der Waals surface area contributed by atoms with Gasteiger partial charge in [0.15, 0.2) is 9.84 Å². The van der Waals surface area contributed by atoms with Gasteiger partial charge in [0.05, 0.1) is 16.4 Å². The average Bonchev–Trinajstić information content (AvgIpc) is 2.55. The quantitative estimate of drug-likeness (QED) is 0.204. The molecule has 24 heavy (non-hydrogen) atoms. The standard InChI is InChI=1S/C14H17IN2O6S/c15-13(11-1-3-12(4-2-11)17(19)20)14(18)23-8-5-16-6-9-24(21,22)10-7-16/h1-4,13H,5-10H2. The van der Waals surface area contributed by atoms with Crippen LogP contribution >= 0.6 is 22.6 Å². The third-order valence-corrected chi connectivity index (χ3v) is 6.53. The molecular weight excluding hydrogens is 451 g/mol. The van der Waals surface area contributed by atoms with Gasteiger partial charge in [-0.1, -0.05) is 34.7 Å². The van der Waals surface area contributed by atoms with Gasteiger partial charge in [0, 0.05) is 31.8 Å². The maximum Gasteiger partial charge on any atom is 0.323 e. The number of nitro benzene ring substituents is 1. The molecule has 1 aliphatic heterocycles. The first-order valence-electron chi connectivity index (χ1n) is 7.26. The van der Waals surface area contributed by atoms with Crippen molar-refractivity contribution in [3.05, 3.63) is 39.9 Å². The van der Waals surface area contributed by atoms with E-state index in [9.17, 15) is 23.3 Å². The number of nitrogens with zero attached hydrogens (tertiary/aromatic N) is 2. The number of nitro groups is 1. The minimum absolute atomic E-state index is 0.0317. The number of carbonyl (C=O) groups excluding carboxylic acids is 1. The zero-order valence-corrected chi connectivity index (χ0v) is 15.7. The monoisotopic (exact) mass is 468 g/mol. The molecule has 2 rings (SSSR count). The van der Waals surface area contributed by atoms with Crippen LogP contribution in [0.25, 0.3) is 0 Å². The lowest BCUT2D eigenvalue weighted by Gasteiger charge is -2.26. The summed E-state index contributed by atoms with van der Waals surface area (Å²) in [5, 5.41) is 10.6. The Labute approximate surface area is 153 Å². The van der Waals surface area contributed by atoms with Crippen molar-refractivity contribution in [2.45, 2.75) is 3.92 Å². The van der Waals surface area contributed by atoms with E-state index in [1.54, 1.807) is 0 Å². The molecule has 1 aromatic rings. The van der Waals surface area contributed by atoms with Crippen molar-refractivity contribution in [1.29, 1.82) is 0 Å². The molecule has 132 valence electrons. The number of sulfone groups is 1. The lowest BCUT2D eigenvalue weighted by molar-refractivity contribution is -0.384. The summed E-state index contributed by atoms with van der Waals surface area (Å²) < 4.78 is 27.3. The average molecular weight is 468 g/mol. The van der Waals surface area contributed by atoms with Crippen LogP contribution in [0.2, 0.25) is 0 Å². The molecule has 0 N–H and O–H groups in total. The van der Waals surface area contributed by atoms with Crippen molar-refractivity contribution in [2.75, 3.05) is 37.7 Å². The molecule has 1 aliphatic rings. The molecule has 1 atom stereocenters. The number of carbonyl (C=O) groups is 1. The van der Waals surface area contributed by atoms with Crippen molar-refractivity contribution in [3.63, 3.8) is 0 Å². The van der Waals surface area contributed by atoms with Crippen LogP contribution in [0.1, 0.15) is 9.49 Å². The Balaban J connectivity index is 1.78. The van der Waals surface area contributed by atoms with E-state index in [4.69, 9.17) is 4.74 Å². The molecule has 0 amide bonds. The highest BCUT2D eigenvalue weighted by Gasteiger charge is 2.23. The number of alkyl halides is 1. The van der Waals surface area contributed by atoms with E-state index in [1.807, 2.05) is 27.5 Å². The number of esters is 1. The zero-order chi connectivity index (χ0) is 17.7. The smallest absolute Gasteiger partial charge is 0.323 e. The van der Waals surface area contributed by atoms with Gasteiger partial charge < -0.3 is 4.74 Å². The Morgan fingerprint density at radius 1 is 1.29 bits per heavy atom. The first kappa shape index (κ1) is 19.1. The van der Waals surface area contributed by atoms with Crippen LogP contribution in [-0.4, -0.2) is 62.0 Å². The second-order valence-corrected chi connectivity index (χ2v) is 8.92. The van der Waals surface area contributed by atoms with E-state index >= 15 is 0 Å². The summed E-state index contributed by atoms with van der Waals surface area (Å²) in [6, 6.07) is 5.77. The Hall–Kier alpha value is -1.27. The van der Waals surface area contributed by atoms with Gasteiger partial charge in [-0.3, -0.25) is 19.8 Å². The van der Waals surface area contributed by atoms with E-state index in [0.29, 0.717) is 25.2 Å². The fraction of sp³-hybridized carbons (Fsp3) is 0.500. The van der Waals surface area contributed by atoms with E-state index in [-0.39, 0.29) is 23.8 Å². The maximum absolute atomic E-state index is 12.0. The Morgan fingerprint density at radius 2 is 1.88 bits per heavy atom. The number of rotatable bonds is 6. The molecule has 0 radical (unpaired) electrons. The summed E-state index contributed by atoms with van der Waals surface area (Å²) in [7, 11) is -2.91. The minimum atomic E-state index is -2.91. The zero-order valence-electron chi connectivity index (χ0n) is 12.8. The highest BCUT2D eigenvalue weighted by atomic mass is 127. The molecule has 0 bridgehead atoms. The molecule has 1 fully saturated rings. The lowest BCUT2D eigenvalue weighted by Crippen LogP contribution is -2.42. The fourth-order valence-corrected chi connectivity index (χ4v) is 4.10. The third-order valence-electron chi connectivity index (χ3n) is 3.69. The van der Waals surface area contributed by atoms with E-state index in [0.717, 1.165) is 0 Å². The number of hydrogen-bond acceptors (Lipinski definition) is 7. The molecule has 1 unspecified atom stereocenters. The molecule has 1 heterocycles. The number of benzene rings is 1. The highest BCUT2D eigenvalue weighted by molar-refractivity contribution is 14.1. The second kappa shape index (κ2) is 8.21. The van der Waals surface area contributed by atoms with E-state index in [2.05, 4.69) is 0 Å². The van der Waals surface area contributed by atoms with Crippen LogP contribution in [0.5, 0.6) is 0 Å². The van der Waals surface area contributed by atoms with Gasteiger partial charge in [0.25, 0.3) is 5.69 Å². The van der Waals surface area contributed by atoms with Gasteiger partial charge in [-0.2, -0.15) is 0 Å². The molecule has 0 saturated carbocycles. The molecular formula is C14H17IN2O6S. The van der Waals surface area contributed by atoms with Crippen LogP contribution in [0.4, 0.5) is 5.69 Å². The normalized spacial score (nSPS) is 18.7. The van der Waals surface area contributed by atoms with E-state index in [1.165, 1.54) is 24.3 Å². The number of ether oxygens (including phenoxy) is 1. The topological polar surface area (TPSA) is 107 Å². The predicted molar refractivity (Wildman–Crippen MR) is 95.9 cm³/mol. The first-order chi connectivity index (χ1) is 11.3. The highest BCUT2D eigenvalue weighted by Crippen LogP contribution is 2.26. The maximum atomic E-state index is 12.0. The summed E-state index contributed by atoms with van der Waals surface area (Å²) >= 11 is 1.92. The molecule has 8 nitrogen and oxygen atoms in total. The largest absolute Gasteiger partial charge is 0.463 e. The van der Waals surface area contributed by atoms with Gasteiger partial charge in [-0.25, -0.2) is 8.42 Å². The van der Waals surface area contributed by atoms with Crippen molar-refractivity contribution < 1.29 is 22.9 Å². The molecule has 1 aromatic carbocycles. The minimum Gasteiger partial charge on any atom is -0.463 e. The van der Waals surface area contributed by atoms with Crippen molar-refractivity contribution in [2.24, 2.45) is 0 Å². The summed E-state index contributed by atoms with van der Waals surface area (Å²) in [5.74, 6) is -0.147. The summed E-state index contributed by atoms with van der Waals surface area (Å²) in [4.78, 5) is 24.1. The fourth-order valence-electron chi connectivity index (χ4n) is 2.22. The summed E-state index contributed by atoms with van der Waals surface area (Å²) in [6.07, 6.45) is 0. The van der Waals surface area contributed by atoms with E-state index < -0.39 is 24.7 Å². The summed E-state index contributed by atoms with van der Waals surface area (Å²) in [5.41, 5.74) is 0.603. The number of halogens is 1. The van der Waals surface area contributed by atoms with Crippen LogP contribution in [0, 0.1) is 10.1 Å². The molecule has 0 aliphatic carbocycles. The SMILES string of the molecule is O=C(OCCN1CCS(=O)(=O)CC1)C(I)c1ccc([N+](=O)[O-])cc1.